The first kappa shape index (κ1) is 29.0. The molecule has 0 atom stereocenters. The van der Waals surface area contributed by atoms with Crippen LogP contribution in [0.25, 0.3) is 27.5 Å². The molecule has 3 heterocycles. The third-order valence-electron chi connectivity index (χ3n) is 10.7. The molecule has 0 unspecified atom stereocenters. The highest BCUT2D eigenvalue weighted by Crippen LogP contribution is 2.46. The van der Waals surface area contributed by atoms with Gasteiger partial charge in [0, 0.05) is 44.9 Å². The van der Waals surface area contributed by atoms with Crippen molar-refractivity contribution in [3.8, 4) is 5.69 Å². The van der Waals surface area contributed by atoms with E-state index in [9.17, 15) is 0 Å². The minimum Gasteiger partial charge on any atom is -0.311 e. The zero-order chi connectivity index (χ0) is 33.7. The Morgan fingerprint density at radius 1 is 0.400 bits per heavy atom. The number of nitrogens with zero attached hydrogens (tertiary/aromatic N) is 3. The van der Waals surface area contributed by atoms with Gasteiger partial charge >= 0.3 is 0 Å². The first-order valence-corrected chi connectivity index (χ1v) is 17.6. The van der Waals surface area contributed by atoms with Crippen LogP contribution in [-0.4, -0.2) is 11.3 Å². The lowest BCUT2D eigenvalue weighted by atomic mass is 9.32. The first-order chi connectivity index (χ1) is 24.5. The summed E-state index contributed by atoms with van der Waals surface area (Å²) in [6.45, 7) is 9.04. The average molecular weight is 642 g/mol. The van der Waals surface area contributed by atoms with Gasteiger partial charge in [-0.25, -0.2) is 0 Å². The molecule has 0 fully saturated rings. The maximum Gasteiger partial charge on any atom is 0.252 e. The van der Waals surface area contributed by atoms with Crippen LogP contribution in [0, 0.1) is 27.7 Å². The number of hydrogen-bond donors (Lipinski definition) is 0. The van der Waals surface area contributed by atoms with Gasteiger partial charge in [-0.05, 0) is 121 Å². The van der Waals surface area contributed by atoms with E-state index < -0.39 is 0 Å². The van der Waals surface area contributed by atoms with Crippen molar-refractivity contribution in [1.82, 2.24) is 4.57 Å². The molecule has 238 valence electrons. The first-order valence-electron chi connectivity index (χ1n) is 17.6. The molecule has 0 radical (unpaired) electrons. The number of fused-ring (bicyclic) bond motifs is 7. The molecule has 8 aromatic rings. The second-order valence-corrected chi connectivity index (χ2v) is 14.1. The average Bonchev–Trinajstić information content (AvgIpc) is 3.45. The van der Waals surface area contributed by atoms with Gasteiger partial charge in [-0.15, -0.1) is 0 Å². The molecular weight excluding hydrogens is 605 g/mol. The van der Waals surface area contributed by atoms with E-state index in [2.05, 4.69) is 188 Å². The van der Waals surface area contributed by atoms with E-state index in [1.54, 1.807) is 0 Å². The molecule has 0 amide bonds. The molecule has 3 nitrogen and oxygen atoms in total. The number of rotatable bonds is 3. The number of para-hydroxylation sites is 4. The van der Waals surface area contributed by atoms with Gasteiger partial charge < -0.3 is 14.4 Å². The Balaban J connectivity index is 1.40. The fourth-order valence-corrected chi connectivity index (χ4v) is 8.98. The van der Waals surface area contributed by atoms with Crippen molar-refractivity contribution in [3.63, 3.8) is 0 Å². The molecule has 10 rings (SSSR count). The minimum atomic E-state index is 0.0844. The smallest absolute Gasteiger partial charge is 0.252 e. The largest absolute Gasteiger partial charge is 0.311 e. The zero-order valence-corrected chi connectivity index (χ0v) is 28.8. The Hall–Kier alpha value is -6.00. The standard InChI is InChI=1S/C46H36BN3/c1-29-22-30(2)25-34(24-29)50-42-26-31(3)23-32(4)45(42)47-38-18-10-13-21-41(38)48(33-14-6-5-7-15-33)43-27-35(28-44(50)46(43)47)49-39-19-11-8-16-36(39)37-17-9-12-20-40(37)49/h5-28H,1-4H3. The van der Waals surface area contributed by atoms with Crippen molar-refractivity contribution in [2.24, 2.45) is 0 Å². The summed E-state index contributed by atoms with van der Waals surface area (Å²) in [6.07, 6.45) is 0. The van der Waals surface area contributed by atoms with Crippen LogP contribution in [0.5, 0.6) is 0 Å². The highest BCUT2D eigenvalue weighted by atomic mass is 15.2. The molecular formula is C46H36BN3. The topological polar surface area (TPSA) is 11.4 Å². The molecule has 2 aliphatic rings. The van der Waals surface area contributed by atoms with Gasteiger partial charge in [-0.3, -0.25) is 0 Å². The number of benzene rings is 7. The Morgan fingerprint density at radius 3 is 1.62 bits per heavy atom. The van der Waals surface area contributed by atoms with Crippen LogP contribution in [0.15, 0.2) is 146 Å². The van der Waals surface area contributed by atoms with E-state index in [0.29, 0.717) is 0 Å². The van der Waals surface area contributed by atoms with Crippen LogP contribution in [0.2, 0.25) is 0 Å². The van der Waals surface area contributed by atoms with Crippen molar-refractivity contribution >= 4 is 79.0 Å². The SMILES string of the molecule is Cc1cc(C)cc(N2c3cc(C)cc(C)c3B3c4ccccc4N(c4ccccc4)c4cc(-n5c6ccccc6c6ccccc65)cc2c43)c1. The summed E-state index contributed by atoms with van der Waals surface area (Å²) < 4.78 is 2.47. The van der Waals surface area contributed by atoms with Gasteiger partial charge in [0.25, 0.3) is 6.71 Å². The van der Waals surface area contributed by atoms with Crippen LogP contribution in [-0.2, 0) is 0 Å². The van der Waals surface area contributed by atoms with Gasteiger partial charge in [-0.2, -0.15) is 0 Å². The Labute approximate surface area is 293 Å². The predicted octanol–water partition coefficient (Wildman–Crippen LogP) is 10.1. The summed E-state index contributed by atoms with van der Waals surface area (Å²) in [5, 5.41) is 2.53. The van der Waals surface area contributed by atoms with Crippen LogP contribution in [0.4, 0.5) is 34.1 Å². The van der Waals surface area contributed by atoms with E-state index >= 15 is 0 Å². The molecule has 0 saturated carbocycles. The number of aromatic nitrogens is 1. The molecule has 0 aliphatic carbocycles. The lowest BCUT2D eigenvalue weighted by Crippen LogP contribution is -2.62. The van der Waals surface area contributed by atoms with E-state index in [1.165, 1.54) is 88.9 Å². The monoisotopic (exact) mass is 641 g/mol. The molecule has 0 spiro atoms. The fraction of sp³-hybridized carbons (Fsp3) is 0.0870. The lowest BCUT2D eigenvalue weighted by Gasteiger charge is -2.45. The molecule has 7 aromatic carbocycles. The van der Waals surface area contributed by atoms with E-state index in [-0.39, 0.29) is 6.71 Å². The van der Waals surface area contributed by atoms with Gasteiger partial charge in [0.15, 0.2) is 0 Å². The maximum absolute atomic E-state index is 2.55. The van der Waals surface area contributed by atoms with Gasteiger partial charge in [0.2, 0.25) is 0 Å². The van der Waals surface area contributed by atoms with Gasteiger partial charge in [0.1, 0.15) is 0 Å². The van der Waals surface area contributed by atoms with Gasteiger partial charge in [-0.1, -0.05) is 90.5 Å². The quantitative estimate of drug-likeness (QED) is 0.178. The van der Waals surface area contributed by atoms with Crippen molar-refractivity contribution < 1.29 is 0 Å². The Morgan fingerprint density at radius 2 is 0.940 bits per heavy atom. The third-order valence-corrected chi connectivity index (χ3v) is 10.7. The highest BCUT2D eigenvalue weighted by Gasteiger charge is 2.44. The summed E-state index contributed by atoms with van der Waals surface area (Å²) >= 11 is 0. The summed E-state index contributed by atoms with van der Waals surface area (Å²) in [5.74, 6) is 0. The van der Waals surface area contributed by atoms with Crippen LogP contribution in [0.3, 0.4) is 0 Å². The number of hydrogen-bond acceptors (Lipinski definition) is 2. The highest BCUT2D eigenvalue weighted by molar-refractivity contribution is 7.00. The van der Waals surface area contributed by atoms with Crippen LogP contribution >= 0.6 is 0 Å². The Bertz CT molecular complexity index is 2600. The molecule has 4 heteroatoms. The fourth-order valence-electron chi connectivity index (χ4n) is 8.98. The summed E-state index contributed by atoms with van der Waals surface area (Å²) in [5.41, 5.74) is 20.0. The lowest BCUT2D eigenvalue weighted by molar-refractivity contribution is 1.16. The minimum absolute atomic E-state index is 0.0844. The van der Waals surface area contributed by atoms with E-state index in [4.69, 9.17) is 0 Å². The van der Waals surface area contributed by atoms with Crippen LogP contribution < -0.4 is 26.2 Å². The zero-order valence-electron chi connectivity index (χ0n) is 28.8. The number of aryl methyl sites for hydroxylation is 4. The molecule has 0 N–H and O–H groups in total. The maximum atomic E-state index is 2.55. The summed E-state index contributed by atoms with van der Waals surface area (Å²) in [6, 6.07) is 54.2. The van der Waals surface area contributed by atoms with E-state index in [0.717, 1.165) is 11.4 Å². The van der Waals surface area contributed by atoms with Crippen molar-refractivity contribution in [2.45, 2.75) is 27.7 Å². The molecule has 0 saturated heterocycles. The second kappa shape index (κ2) is 10.8. The van der Waals surface area contributed by atoms with Crippen molar-refractivity contribution in [2.75, 3.05) is 9.80 Å². The van der Waals surface area contributed by atoms with Crippen molar-refractivity contribution in [3.05, 3.63) is 168 Å². The van der Waals surface area contributed by atoms with Gasteiger partial charge in [0.05, 0.1) is 16.7 Å². The summed E-state index contributed by atoms with van der Waals surface area (Å²) in [4.78, 5) is 5.05. The summed E-state index contributed by atoms with van der Waals surface area (Å²) in [7, 11) is 0. The predicted molar refractivity (Wildman–Crippen MR) is 214 cm³/mol. The molecule has 1 aromatic heterocycles. The van der Waals surface area contributed by atoms with E-state index in [1.807, 2.05) is 0 Å². The molecule has 0 bridgehead atoms. The number of anilines is 6. The second-order valence-electron chi connectivity index (χ2n) is 14.1. The third kappa shape index (κ3) is 4.12. The molecule has 2 aliphatic heterocycles. The normalized spacial score (nSPS) is 13.1. The Kier molecular flexibility index (Phi) is 6.23. The molecule has 50 heavy (non-hydrogen) atoms. The van der Waals surface area contributed by atoms with Crippen LogP contribution in [0.1, 0.15) is 22.3 Å². The van der Waals surface area contributed by atoms with Crippen molar-refractivity contribution in [1.29, 1.82) is 0 Å².